The van der Waals surface area contributed by atoms with Crippen molar-refractivity contribution in [2.75, 3.05) is 32.8 Å². The highest BCUT2D eigenvalue weighted by Gasteiger charge is 2.22. The van der Waals surface area contributed by atoms with Crippen LogP contribution in [0.25, 0.3) is 0 Å². The van der Waals surface area contributed by atoms with Gasteiger partial charge in [0, 0.05) is 19.2 Å². The molecule has 1 aromatic rings. The first kappa shape index (κ1) is 15.1. The third-order valence-corrected chi connectivity index (χ3v) is 5.10. The fourth-order valence-electron chi connectivity index (χ4n) is 2.51. The van der Waals surface area contributed by atoms with Crippen molar-refractivity contribution in [2.24, 2.45) is 0 Å². The number of likely N-dealkylation sites (tertiary alicyclic amines) is 1. The number of hydrogen-bond donors (Lipinski definition) is 1. The Labute approximate surface area is 129 Å². The standard InChI is InChI=1S/C14H18N2O5S/c17-14(16-5-1-2-6-16)10-15-22(18,19)11-3-4-12-13(9-11)21-8-7-20-12/h3-4,9,15H,1-2,5-8,10H2. The smallest absolute Gasteiger partial charge is 0.241 e. The van der Waals surface area contributed by atoms with Crippen molar-refractivity contribution in [2.45, 2.75) is 17.7 Å². The van der Waals surface area contributed by atoms with Gasteiger partial charge in [0.2, 0.25) is 15.9 Å². The summed E-state index contributed by atoms with van der Waals surface area (Å²) in [4.78, 5) is 13.6. The van der Waals surface area contributed by atoms with Gasteiger partial charge in [-0.3, -0.25) is 4.79 Å². The van der Waals surface area contributed by atoms with Crippen molar-refractivity contribution in [1.82, 2.24) is 9.62 Å². The van der Waals surface area contributed by atoms with Gasteiger partial charge in [-0.15, -0.1) is 0 Å². The molecule has 1 N–H and O–H groups in total. The van der Waals surface area contributed by atoms with Gasteiger partial charge in [0.15, 0.2) is 11.5 Å². The van der Waals surface area contributed by atoms with E-state index >= 15 is 0 Å². The van der Waals surface area contributed by atoms with Gasteiger partial charge in [0.1, 0.15) is 13.2 Å². The molecule has 7 nitrogen and oxygen atoms in total. The second kappa shape index (κ2) is 6.13. The highest BCUT2D eigenvalue weighted by Crippen LogP contribution is 2.32. The van der Waals surface area contributed by atoms with Crippen LogP contribution in [0.4, 0.5) is 0 Å². The van der Waals surface area contributed by atoms with E-state index in [1.165, 1.54) is 12.1 Å². The Hall–Kier alpha value is -1.80. The van der Waals surface area contributed by atoms with Crippen molar-refractivity contribution in [3.63, 3.8) is 0 Å². The Bertz CT molecular complexity index is 668. The Balaban J connectivity index is 1.68. The molecule has 0 saturated carbocycles. The summed E-state index contributed by atoms with van der Waals surface area (Å²) in [5.41, 5.74) is 0. The first-order valence-corrected chi connectivity index (χ1v) is 8.72. The summed E-state index contributed by atoms with van der Waals surface area (Å²) < 4.78 is 37.6. The van der Waals surface area contributed by atoms with E-state index in [0.717, 1.165) is 12.8 Å². The normalized spacial score (nSPS) is 17.5. The van der Waals surface area contributed by atoms with Crippen LogP contribution in [0, 0.1) is 0 Å². The molecule has 0 atom stereocenters. The van der Waals surface area contributed by atoms with E-state index < -0.39 is 10.0 Å². The lowest BCUT2D eigenvalue weighted by Crippen LogP contribution is -2.38. The summed E-state index contributed by atoms with van der Waals surface area (Å²) in [6.45, 7) is 2.00. The Morgan fingerprint density at radius 2 is 1.82 bits per heavy atom. The zero-order valence-electron chi connectivity index (χ0n) is 12.1. The molecular weight excluding hydrogens is 308 g/mol. The monoisotopic (exact) mass is 326 g/mol. The third kappa shape index (κ3) is 3.17. The van der Waals surface area contributed by atoms with Crippen LogP contribution >= 0.6 is 0 Å². The number of fused-ring (bicyclic) bond motifs is 1. The van der Waals surface area contributed by atoms with E-state index in [-0.39, 0.29) is 17.3 Å². The molecule has 2 aliphatic heterocycles. The van der Waals surface area contributed by atoms with E-state index in [2.05, 4.69) is 4.72 Å². The largest absolute Gasteiger partial charge is 0.486 e. The molecule has 3 rings (SSSR count). The zero-order valence-corrected chi connectivity index (χ0v) is 12.9. The fourth-order valence-corrected chi connectivity index (χ4v) is 3.50. The number of hydrogen-bond acceptors (Lipinski definition) is 5. The summed E-state index contributed by atoms with van der Waals surface area (Å²) >= 11 is 0. The number of carbonyl (C=O) groups excluding carboxylic acids is 1. The lowest BCUT2D eigenvalue weighted by atomic mass is 10.3. The van der Waals surface area contributed by atoms with Crippen molar-refractivity contribution in [3.8, 4) is 11.5 Å². The maximum Gasteiger partial charge on any atom is 0.241 e. The summed E-state index contributed by atoms with van der Waals surface area (Å²) in [6, 6.07) is 4.42. The highest BCUT2D eigenvalue weighted by molar-refractivity contribution is 7.89. The number of amides is 1. The van der Waals surface area contributed by atoms with Crippen LogP contribution in [0.5, 0.6) is 11.5 Å². The van der Waals surface area contributed by atoms with Crippen LogP contribution in [0.2, 0.25) is 0 Å². The van der Waals surface area contributed by atoms with Gasteiger partial charge < -0.3 is 14.4 Å². The summed E-state index contributed by atoms with van der Waals surface area (Å²) in [5, 5.41) is 0. The molecule has 0 aromatic heterocycles. The molecule has 0 aliphatic carbocycles. The average molecular weight is 326 g/mol. The van der Waals surface area contributed by atoms with Crippen LogP contribution in [0.3, 0.4) is 0 Å². The molecular formula is C14H18N2O5S. The van der Waals surface area contributed by atoms with Crippen molar-refractivity contribution >= 4 is 15.9 Å². The molecule has 8 heteroatoms. The van der Waals surface area contributed by atoms with Gasteiger partial charge in [0.25, 0.3) is 0 Å². The number of benzene rings is 1. The maximum absolute atomic E-state index is 12.3. The molecule has 0 spiro atoms. The minimum absolute atomic E-state index is 0.0611. The van der Waals surface area contributed by atoms with Gasteiger partial charge in [-0.25, -0.2) is 13.1 Å². The SMILES string of the molecule is O=C(CNS(=O)(=O)c1ccc2c(c1)OCCO2)N1CCCC1. The molecule has 22 heavy (non-hydrogen) atoms. The molecule has 2 aliphatic rings. The van der Waals surface area contributed by atoms with Crippen LogP contribution in [0.1, 0.15) is 12.8 Å². The predicted molar refractivity (Wildman–Crippen MR) is 78.4 cm³/mol. The number of rotatable bonds is 4. The van der Waals surface area contributed by atoms with E-state index in [9.17, 15) is 13.2 Å². The fraction of sp³-hybridized carbons (Fsp3) is 0.500. The van der Waals surface area contributed by atoms with Gasteiger partial charge in [-0.1, -0.05) is 0 Å². The molecule has 1 aromatic carbocycles. The van der Waals surface area contributed by atoms with Crippen molar-refractivity contribution in [3.05, 3.63) is 18.2 Å². The van der Waals surface area contributed by atoms with E-state index in [1.54, 1.807) is 11.0 Å². The lowest BCUT2D eigenvalue weighted by molar-refractivity contribution is -0.128. The van der Waals surface area contributed by atoms with E-state index in [1.807, 2.05) is 0 Å². The second-order valence-electron chi connectivity index (χ2n) is 5.22. The van der Waals surface area contributed by atoms with Gasteiger partial charge in [0.05, 0.1) is 11.4 Å². The Kier molecular flexibility index (Phi) is 4.21. The summed E-state index contributed by atoms with van der Waals surface area (Å²) in [6.07, 6.45) is 1.95. The first-order valence-electron chi connectivity index (χ1n) is 7.23. The lowest BCUT2D eigenvalue weighted by Gasteiger charge is -2.19. The van der Waals surface area contributed by atoms with Gasteiger partial charge >= 0.3 is 0 Å². The van der Waals surface area contributed by atoms with Crippen LogP contribution in [-0.2, 0) is 14.8 Å². The van der Waals surface area contributed by atoms with Crippen molar-refractivity contribution in [1.29, 1.82) is 0 Å². The molecule has 120 valence electrons. The number of ether oxygens (including phenoxy) is 2. The third-order valence-electron chi connectivity index (χ3n) is 3.70. The minimum Gasteiger partial charge on any atom is -0.486 e. The summed E-state index contributed by atoms with van der Waals surface area (Å²) in [7, 11) is -3.75. The molecule has 1 amide bonds. The second-order valence-corrected chi connectivity index (χ2v) is 6.98. The topological polar surface area (TPSA) is 84.9 Å². The number of sulfonamides is 1. The van der Waals surface area contributed by atoms with E-state index in [4.69, 9.17) is 9.47 Å². The van der Waals surface area contributed by atoms with E-state index in [0.29, 0.717) is 37.8 Å². The molecule has 2 heterocycles. The van der Waals surface area contributed by atoms with Crippen LogP contribution < -0.4 is 14.2 Å². The summed E-state index contributed by atoms with van der Waals surface area (Å²) in [5.74, 6) is 0.733. The van der Waals surface area contributed by atoms with Crippen LogP contribution in [-0.4, -0.2) is 52.1 Å². The highest BCUT2D eigenvalue weighted by atomic mass is 32.2. The predicted octanol–water partition coefficient (Wildman–Crippen LogP) is 0.359. The Morgan fingerprint density at radius 1 is 1.14 bits per heavy atom. The number of carbonyl (C=O) groups is 1. The average Bonchev–Trinajstić information content (AvgIpc) is 3.07. The Morgan fingerprint density at radius 3 is 2.55 bits per heavy atom. The zero-order chi connectivity index (χ0) is 15.6. The molecule has 0 radical (unpaired) electrons. The molecule has 0 unspecified atom stereocenters. The first-order chi connectivity index (χ1) is 10.6. The molecule has 1 fully saturated rings. The minimum atomic E-state index is -3.75. The quantitative estimate of drug-likeness (QED) is 0.863. The number of nitrogens with zero attached hydrogens (tertiary/aromatic N) is 1. The van der Waals surface area contributed by atoms with Crippen molar-refractivity contribution < 1.29 is 22.7 Å². The molecule has 1 saturated heterocycles. The van der Waals surface area contributed by atoms with Crippen LogP contribution in [0.15, 0.2) is 23.1 Å². The van der Waals surface area contributed by atoms with Gasteiger partial charge in [-0.05, 0) is 25.0 Å². The van der Waals surface area contributed by atoms with Gasteiger partial charge in [-0.2, -0.15) is 0 Å². The number of nitrogens with one attached hydrogen (secondary N) is 1. The maximum atomic E-state index is 12.3. The molecule has 0 bridgehead atoms.